The van der Waals surface area contributed by atoms with Gasteiger partial charge in [0.25, 0.3) is 0 Å². The summed E-state index contributed by atoms with van der Waals surface area (Å²) in [6.45, 7) is 4.05. The number of esters is 2. The smallest absolute Gasteiger partial charge is 0.307 e. The fraction of sp³-hybridized carbons (Fsp3) is 0.429. The van der Waals surface area contributed by atoms with E-state index < -0.39 is 11.9 Å². The Balaban J connectivity index is 3.81. The Morgan fingerprint density at radius 3 is 2.00 bits per heavy atom. The van der Waals surface area contributed by atoms with E-state index in [0.717, 1.165) is 6.26 Å². The fourth-order valence-electron chi connectivity index (χ4n) is 0.417. The lowest BCUT2D eigenvalue weighted by Crippen LogP contribution is -1.98. The molecule has 0 rings (SSSR count). The van der Waals surface area contributed by atoms with Crippen molar-refractivity contribution in [3.63, 3.8) is 0 Å². The minimum absolute atomic E-state index is 0.257. The third kappa shape index (κ3) is 6.57. The highest BCUT2D eigenvalue weighted by Crippen LogP contribution is 1.95. The summed E-state index contributed by atoms with van der Waals surface area (Å²) in [6, 6.07) is 0. The van der Waals surface area contributed by atoms with Crippen LogP contribution in [0.5, 0.6) is 0 Å². The summed E-state index contributed by atoms with van der Waals surface area (Å²) in [5.74, 6) is -0.630. The van der Waals surface area contributed by atoms with E-state index in [1.54, 1.807) is 0 Å². The first kappa shape index (κ1) is 9.68. The molecule has 0 aromatic carbocycles. The first-order valence-corrected chi connectivity index (χ1v) is 3.04. The molecule has 0 radical (unpaired) electrons. The van der Waals surface area contributed by atoms with Crippen molar-refractivity contribution >= 4 is 11.9 Å². The lowest BCUT2D eigenvalue weighted by atomic mass is 10.6. The van der Waals surface area contributed by atoms with Crippen LogP contribution in [0.15, 0.2) is 12.0 Å². The second kappa shape index (κ2) is 4.49. The summed E-state index contributed by atoms with van der Waals surface area (Å²) in [5, 5.41) is 0. The van der Waals surface area contributed by atoms with Gasteiger partial charge in [0.05, 0.1) is 0 Å². The molecule has 0 aliphatic carbocycles. The standard InChI is InChI=1S/C7H10O4/c1-5(11-7(3)9)4-10-6(2)8/h4H,1-3H3/b5-4-. The van der Waals surface area contributed by atoms with E-state index in [0.29, 0.717) is 0 Å². The molecule has 4 heteroatoms. The summed E-state index contributed by atoms with van der Waals surface area (Å²) in [7, 11) is 0. The first-order valence-electron chi connectivity index (χ1n) is 3.04. The van der Waals surface area contributed by atoms with Crippen LogP contribution in [0, 0.1) is 0 Å². The van der Waals surface area contributed by atoms with E-state index >= 15 is 0 Å². The number of hydrogen-bond acceptors (Lipinski definition) is 4. The van der Waals surface area contributed by atoms with E-state index in [1.165, 1.54) is 20.8 Å². The summed E-state index contributed by atoms with van der Waals surface area (Å²) in [5.41, 5.74) is 0. The zero-order valence-corrected chi connectivity index (χ0v) is 6.71. The third-order valence-corrected chi connectivity index (χ3v) is 0.696. The minimum atomic E-state index is -0.448. The molecule has 4 nitrogen and oxygen atoms in total. The molecular formula is C7H10O4. The number of carbonyl (C=O) groups excluding carboxylic acids is 2. The van der Waals surface area contributed by atoms with Gasteiger partial charge in [0.2, 0.25) is 0 Å². The van der Waals surface area contributed by atoms with Gasteiger partial charge < -0.3 is 9.47 Å². The predicted molar refractivity (Wildman–Crippen MR) is 37.3 cm³/mol. The maximum absolute atomic E-state index is 10.3. The van der Waals surface area contributed by atoms with Gasteiger partial charge in [-0.25, -0.2) is 0 Å². The van der Waals surface area contributed by atoms with Crippen LogP contribution in [0.25, 0.3) is 0 Å². The zero-order valence-electron chi connectivity index (χ0n) is 6.71. The van der Waals surface area contributed by atoms with E-state index in [9.17, 15) is 9.59 Å². The minimum Gasteiger partial charge on any atom is -0.431 e. The maximum Gasteiger partial charge on any atom is 0.307 e. The molecule has 0 bridgehead atoms. The molecule has 0 heterocycles. The highest BCUT2D eigenvalue weighted by Gasteiger charge is 1.95. The highest BCUT2D eigenvalue weighted by molar-refractivity contribution is 5.68. The largest absolute Gasteiger partial charge is 0.431 e. The molecule has 0 aliphatic rings. The lowest BCUT2D eigenvalue weighted by Gasteiger charge is -1.98. The van der Waals surface area contributed by atoms with Crippen molar-refractivity contribution in [2.45, 2.75) is 20.8 Å². The molecule has 0 aromatic rings. The van der Waals surface area contributed by atoms with Crippen LogP contribution in [-0.4, -0.2) is 11.9 Å². The van der Waals surface area contributed by atoms with E-state index in [4.69, 9.17) is 0 Å². The summed E-state index contributed by atoms with van der Waals surface area (Å²) < 4.78 is 8.97. The van der Waals surface area contributed by atoms with Gasteiger partial charge in [-0.3, -0.25) is 9.59 Å². The molecular weight excluding hydrogens is 148 g/mol. The van der Waals surface area contributed by atoms with Gasteiger partial charge in [-0.15, -0.1) is 0 Å². The van der Waals surface area contributed by atoms with Crippen LogP contribution in [0.1, 0.15) is 20.8 Å². The van der Waals surface area contributed by atoms with Gasteiger partial charge in [0.15, 0.2) is 0 Å². The van der Waals surface area contributed by atoms with Crippen LogP contribution in [0.2, 0.25) is 0 Å². The van der Waals surface area contributed by atoms with Crippen molar-refractivity contribution in [3.8, 4) is 0 Å². The molecule has 0 spiro atoms. The summed E-state index contributed by atoms with van der Waals surface area (Å²) >= 11 is 0. The third-order valence-electron chi connectivity index (χ3n) is 0.696. The molecule has 0 unspecified atom stereocenters. The van der Waals surface area contributed by atoms with Gasteiger partial charge in [0.1, 0.15) is 12.0 Å². The molecule has 0 saturated heterocycles. The lowest BCUT2D eigenvalue weighted by molar-refractivity contribution is -0.139. The summed E-state index contributed by atoms with van der Waals surface area (Å²) in [4.78, 5) is 20.5. The van der Waals surface area contributed by atoms with E-state index in [1.807, 2.05) is 0 Å². The number of ether oxygens (including phenoxy) is 2. The van der Waals surface area contributed by atoms with Crippen molar-refractivity contribution in [1.29, 1.82) is 0 Å². The van der Waals surface area contributed by atoms with E-state index in [-0.39, 0.29) is 5.76 Å². The molecule has 0 atom stereocenters. The molecule has 62 valence electrons. The number of rotatable bonds is 2. The topological polar surface area (TPSA) is 52.6 Å². The fourth-order valence-corrected chi connectivity index (χ4v) is 0.417. The van der Waals surface area contributed by atoms with Crippen molar-refractivity contribution in [3.05, 3.63) is 12.0 Å². The molecule has 11 heavy (non-hydrogen) atoms. The van der Waals surface area contributed by atoms with E-state index in [2.05, 4.69) is 9.47 Å². The Bertz CT molecular complexity index is 193. The normalized spacial score (nSPS) is 10.6. The Kier molecular flexibility index (Phi) is 3.95. The van der Waals surface area contributed by atoms with Gasteiger partial charge >= 0.3 is 11.9 Å². The molecule has 0 aliphatic heterocycles. The average Bonchev–Trinajstić information content (AvgIpc) is 1.82. The summed E-state index contributed by atoms with van der Waals surface area (Å²) in [6.07, 6.45) is 1.09. The zero-order chi connectivity index (χ0) is 8.85. The van der Waals surface area contributed by atoms with Crippen LogP contribution in [-0.2, 0) is 19.1 Å². The van der Waals surface area contributed by atoms with Crippen molar-refractivity contribution in [1.82, 2.24) is 0 Å². The van der Waals surface area contributed by atoms with Crippen molar-refractivity contribution in [2.75, 3.05) is 0 Å². The van der Waals surface area contributed by atoms with Gasteiger partial charge in [-0.05, 0) is 6.92 Å². The Morgan fingerprint density at radius 1 is 1.09 bits per heavy atom. The maximum atomic E-state index is 10.3. The predicted octanol–water partition coefficient (Wildman–Crippen LogP) is 0.974. The SMILES string of the molecule is CC(=O)O/C=C(/C)OC(C)=O. The Labute approximate surface area is 64.8 Å². The molecule has 0 N–H and O–H groups in total. The Hall–Kier alpha value is -1.32. The molecule has 0 aromatic heterocycles. The second-order valence-corrected chi connectivity index (χ2v) is 1.93. The van der Waals surface area contributed by atoms with Crippen LogP contribution in [0.4, 0.5) is 0 Å². The van der Waals surface area contributed by atoms with Crippen LogP contribution in [0.3, 0.4) is 0 Å². The Morgan fingerprint density at radius 2 is 1.64 bits per heavy atom. The number of carbonyl (C=O) groups is 2. The number of allylic oxidation sites excluding steroid dienone is 1. The monoisotopic (exact) mass is 158 g/mol. The van der Waals surface area contributed by atoms with Crippen molar-refractivity contribution in [2.24, 2.45) is 0 Å². The van der Waals surface area contributed by atoms with Gasteiger partial charge in [0, 0.05) is 13.8 Å². The molecule has 0 saturated carbocycles. The second-order valence-electron chi connectivity index (χ2n) is 1.93. The molecule has 0 fully saturated rings. The van der Waals surface area contributed by atoms with Gasteiger partial charge in [-0.1, -0.05) is 0 Å². The van der Waals surface area contributed by atoms with Crippen molar-refractivity contribution < 1.29 is 19.1 Å². The number of hydrogen-bond donors (Lipinski definition) is 0. The van der Waals surface area contributed by atoms with Crippen LogP contribution < -0.4 is 0 Å². The quantitative estimate of drug-likeness (QED) is 0.444. The average molecular weight is 158 g/mol. The highest BCUT2D eigenvalue weighted by atomic mass is 16.6. The van der Waals surface area contributed by atoms with Crippen LogP contribution >= 0.6 is 0 Å². The molecule has 0 amide bonds. The van der Waals surface area contributed by atoms with Gasteiger partial charge in [-0.2, -0.15) is 0 Å². The first-order chi connectivity index (χ1) is 5.02.